The maximum atomic E-state index is 4.84. The van der Waals surface area contributed by atoms with Crippen molar-refractivity contribution < 1.29 is 0 Å². The first-order valence-corrected chi connectivity index (χ1v) is 14.0. The molecule has 2 aromatic carbocycles. The molecule has 0 aliphatic heterocycles. The number of hydrogen-bond donors (Lipinski definition) is 0. The molecule has 0 radical (unpaired) electrons. The highest BCUT2D eigenvalue weighted by Gasteiger charge is 2.16. The Morgan fingerprint density at radius 3 is 2.25 bits per heavy atom. The molecule has 6 aromatic heterocycles. The number of benzene rings is 2. The van der Waals surface area contributed by atoms with Crippen LogP contribution in [0.4, 0.5) is 0 Å². The quantitative estimate of drug-likeness (QED) is 0.227. The number of nitrogens with zero attached hydrogens (tertiary/aromatic N) is 5. The Kier molecular flexibility index (Phi) is 4.99. The van der Waals surface area contributed by atoms with Crippen molar-refractivity contribution in [1.82, 2.24) is 23.8 Å². The summed E-state index contributed by atoms with van der Waals surface area (Å²) in [6, 6.07) is 29.6. The van der Waals surface area contributed by atoms with Gasteiger partial charge in [0, 0.05) is 55.8 Å². The van der Waals surface area contributed by atoms with E-state index in [0.29, 0.717) is 0 Å². The van der Waals surface area contributed by atoms with Gasteiger partial charge >= 0.3 is 0 Å². The normalized spacial score (nSPS) is 11.7. The van der Waals surface area contributed by atoms with Crippen LogP contribution in [0.3, 0.4) is 0 Å². The standard InChI is InChI=1S/C34H23N5S/c1-3-22-8-4-6-10-26(22)32-21(2)36-30-16-12-24(19-38(30)32)28-14-15-29(40-28)25-13-17-31-37-34-33(39(31)20-25)27-11-7-5-9-23(27)18-35-34/h3-20H,1H2,2H3. The Bertz CT molecular complexity index is 2270. The zero-order valence-electron chi connectivity index (χ0n) is 21.7. The molecular weight excluding hydrogens is 510 g/mol. The van der Waals surface area contributed by atoms with Gasteiger partial charge in [0.2, 0.25) is 0 Å². The second-order valence-electron chi connectivity index (χ2n) is 9.92. The monoisotopic (exact) mass is 533 g/mol. The highest BCUT2D eigenvalue weighted by Crippen LogP contribution is 2.37. The first kappa shape index (κ1) is 22.9. The van der Waals surface area contributed by atoms with Crippen LogP contribution in [0, 0.1) is 6.92 Å². The predicted molar refractivity (Wildman–Crippen MR) is 166 cm³/mol. The van der Waals surface area contributed by atoms with Crippen molar-refractivity contribution in [1.29, 1.82) is 0 Å². The average molecular weight is 534 g/mol. The summed E-state index contributed by atoms with van der Waals surface area (Å²) in [6.45, 7) is 6.09. The van der Waals surface area contributed by atoms with Crippen LogP contribution in [0.2, 0.25) is 0 Å². The third kappa shape index (κ3) is 3.43. The summed E-state index contributed by atoms with van der Waals surface area (Å²) in [6.07, 6.45) is 8.19. The van der Waals surface area contributed by atoms with Gasteiger partial charge < -0.3 is 0 Å². The molecule has 0 bridgehead atoms. The van der Waals surface area contributed by atoms with Crippen molar-refractivity contribution in [3.63, 3.8) is 0 Å². The summed E-state index contributed by atoms with van der Waals surface area (Å²) < 4.78 is 4.37. The molecule has 190 valence electrons. The lowest BCUT2D eigenvalue weighted by atomic mass is 10.0. The highest BCUT2D eigenvalue weighted by atomic mass is 32.1. The molecule has 0 aliphatic rings. The van der Waals surface area contributed by atoms with Crippen LogP contribution < -0.4 is 0 Å². The zero-order chi connectivity index (χ0) is 26.8. The van der Waals surface area contributed by atoms with Crippen LogP contribution >= 0.6 is 11.3 Å². The van der Waals surface area contributed by atoms with Crippen molar-refractivity contribution >= 4 is 50.6 Å². The van der Waals surface area contributed by atoms with Gasteiger partial charge in [-0.3, -0.25) is 8.80 Å². The minimum absolute atomic E-state index is 0.764. The third-order valence-electron chi connectivity index (χ3n) is 7.55. The predicted octanol–water partition coefficient (Wildman–Crippen LogP) is 8.70. The Labute approximate surface area is 234 Å². The van der Waals surface area contributed by atoms with Gasteiger partial charge in [0.05, 0.1) is 16.9 Å². The van der Waals surface area contributed by atoms with E-state index < -0.39 is 0 Å². The van der Waals surface area contributed by atoms with E-state index in [9.17, 15) is 0 Å². The van der Waals surface area contributed by atoms with Gasteiger partial charge in [-0.2, -0.15) is 0 Å². The minimum Gasteiger partial charge on any atom is -0.299 e. The van der Waals surface area contributed by atoms with Crippen LogP contribution in [0.25, 0.3) is 71.4 Å². The number of aryl methyl sites for hydroxylation is 1. The van der Waals surface area contributed by atoms with Crippen molar-refractivity contribution in [2.75, 3.05) is 0 Å². The molecule has 8 rings (SSSR count). The van der Waals surface area contributed by atoms with Gasteiger partial charge in [-0.25, -0.2) is 15.0 Å². The van der Waals surface area contributed by atoms with E-state index in [1.165, 1.54) is 9.75 Å². The van der Waals surface area contributed by atoms with Gasteiger partial charge in [0.1, 0.15) is 11.3 Å². The fourth-order valence-corrected chi connectivity index (χ4v) is 6.63. The van der Waals surface area contributed by atoms with Gasteiger partial charge in [0.25, 0.3) is 0 Å². The first-order valence-electron chi connectivity index (χ1n) is 13.1. The number of pyridine rings is 3. The molecule has 40 heavy (non-hydrogen) atoms. The fourth-order valence-electron chi connectivity index (χ4n) is 5.65. The Morgan fingerprint density at radius 1 is 0.750 bits per heavy atom. The molecule has 8 aromatic rings. The van der Waals surface area contributed by atoms with Gasteiger partial charge in [-0.05, 0) is 48.9 Å². The number of hydrogen-bond acceptors (Lipinski definition) is 4. The number of fused-ring (bicyclic) bond motifs is 6. The van der Waals surface area contributed by atoms with E-state index in [0.717, 1.165) is 66.9 Å². The molecule has 0 atom stereocenters. The Hall–Kier alpha value is -5.07. The summed E-state index contributed by atoms with van der Waals surface area (Å²) in [7, 11) is 0. The van der Waals surface area contributed by atoms with Crippen LogP contribution in [-0.2, 0) is 0 Å². The van der Waals surface area contributed by atoms with Gasteiger partial charge in [-0.1, -0.05) is 61.2 Å². The van der Waals surface area contributed by atoms with E-state index in [1.807, 2.05) is 24.4 Å². The molecule has 6 heteroatoms. The van der Waals surface area contributed by atoms with Crippen LogP contribution in [0.1, 0.15) is 11.3 Å². The molecule has 0 spiro atoms. The van der Waals surface area contributed by atoms with E-state index in [1.54, 1.807) is 11.3 Å². The zero-order valence-corrected chi connectivity index (χ0v) is 22.6. The topological polar surface area (TPSA) is 47.5 Å². The lowest BCUT2D eigenvalue weighted by Crippen LogP contribution is -1.92. The van der Waals surface area contributed by atoms with Gasteiger partial charge in [-0.15, -0.1) is 11.3 Å². The Morgan fingerprint density at radius 2 is 1.45 bits per heavy atom. The molecule has 5 nitrogen and oxygen atoms in total. The molecule has 0 amide bonds. The lowest BCUT2D eigenvalue weighted by molar-refractivity contribution is 1.19. The number of thiophene rings is 1. The number of rotatable bonds is 4. The van der Waals surface area contributed by atoms with Crippen molar-refractivity contribution in [3.8, 4) is 32.1 Å². The molecule has 0 fully saturated rings. The molecule has 0 saturated carbocycles. The van der Waals surface area contributed by atoms with Crippen LogP contribution in [0.5, 0.6) is 0 Å². The molecule has 0 saturated heterocycles. The number of aromatic nitrogens is 5. The highest BCUT2D eigenvalue weighted by molar-refractivity contribution is 7.18. The smallest absolute Gasteiger partial charge is 0.179 e. The van der Waals surface area contributed by atoms with Gasteiger partial charge in [0.15, 0.2) is 5.65 Å². The van der Waals surface area contributed by atoms with E-state index >= 15 is 0 Å². The lowest BCUT2D eigenvalue weighted by Gasteiger charge is -2.08. The molecule has 0 unspecified atom stereocenters. The molecular formula is C34H23N5S. The second-order valence-corrected chi connectivity index (χ2v) is 11.0. The Balaban J connectivity index is 1.24. The van der Waals surface area contributed by atoms with Crippen LogP contribution in [-0.4, -0.2) is 23.8 Å². The van der Waals surface area contributed by atoms with Crippen molar-refractivity contribution in [2.45, 2.75) is 6.92 Å². The maximum Gasteiger partial charge on any atom is 0.179 e. The largest absolute Gasteiger partial charge is 0.299 e. The summed E-state index contributed by atoms with van der Waals surface area (Å²) in [5.74, 6) is 0. The summed E-state index contributed by atoms with van der Waals surface area (Å²) >= 11 is 1.78. The maximum absolute atomic E-state index is 4.84. The summed E-state index contributed by atoms with van der Waals surface area (Å²) in [5, 5.41) is 2.27. The average Bonchev–Trinajstić information content (AvgIpc) is 3.71. The summed E-state index contributed by atoms with van der Waals surface area (Å²) in [4.78, 5) is 16.6. The minimum atomic E-state index is 0.764. The van der Waals surface area contributed by atoms with Crippen molar-refractivity contribution in [2.24, 2.45) is 0 Å². The SMILES string of the molecule is C=Cc1ccccc1-c1c(C)nc2ccc(-c3ccc(-c4ccc5nc6ncc7ccccc7c6n5c4)s3)cn12. The molecule has 6 heterocycles. The third-order valence-corrected chi connectivity index (χ3v) is 8.73. The first-order chi connectivity index (χ1) is 19.7. The van der Waals surface area contributed by atoms with E-state index in [4.69, 9.17) is 9.97 Å². The number of imidazole rings is 2. The fraction of sp³-hybridized carbons (Fsp3) is 0.0294. The van der Waals surface area contributed by atoms with Crippen LogP contribution in [0.15, 0.2) is 110 Å². The summed E-state index contributed by atoms with van der Waals surface area (Å²) in [5.41, 5.74) is 10.3. The molecule has 0 N–H and O–H groups in total. The van der Waals surface area contributed by atoms with E-state index in [-0.39, 0.29) is 0 Å². The molecule has 0 aliphatic carbocycles. The van der Waals surface area contributed by atoms with Crippen molar-refractivity contribution in [3.05, 3.63) is 121 Å². The van der Waals surface area contributed by atoms with E-state index in [2.05, 4.69) is 112 Å². The second kappa shape index (κ2) is 8.73.